The van der Waals surface area contributed by atoms with E-state index in [0.717, 1.165) is 19.1 Å². The van der Waals surface area contributed by atoms with Crippen LogP contribution < -0.4 is 0 Å². The summed E-state index contributed by atoms with van der Waals surface area (Å²) in [5, 5.41) is 18.3. The lowest BCUT2D eigenvalue weighted by Gasteiger charge is -2.26. The van der Waals surface area contributed by atoms with Crippen LogP contribution in [-0.4, -0.2) is 34.2 Å². The zero-order chi connectivity index (χ0) is 10.1. The molecule has 1 unspecified atom stereocenters. The Morgan fingerprint density at radius 1 is 1.31 bits per heavy atom. The monoisotopic (exact) mass is 188 g/mol. The highest BCUT2D eigenvalue weighted by Crippen LogP contribution is 2.17. The molecule has 0 saturated carbocycles. The molecule has 1 atom stereocenters. The van der Waals surface area contributed by atoms with Gasteiger partial charge in [-0.15, -0.1) is 0 Å². The summed E-state index contributed by atoms with van der Waals surface area (Å²) in [6.45, 7) is 1.12. The first-order chi connectivity index (χ1) is 5.94. The molecule has 1 rings (SSSR count). The Hall–Kier alpha value is -1.40. The molecule has 6 nitrogen and oxygen atoms in total. The van der Waals surface area contributed by atoms with Gasteiger partial charge >= 0.3 is 17.9 Å². The molecule has 13 heavy (non-hydrogen) atoms. The van der Waals surface area contributed by atoms with Crippen LogP contribution in [0.5, 0.6) is 0 Å². The molecule has 0 aromatic heterocycles. The second-order valence-corrected chi connectivity index (χ2v) is 2.48. The first-order valence-electron chi connectivity index (χ1n) is 3.48. The topological polar surface area (TPSA) is 93.1 Å². The van der Waals surface area contributed by atoms with Crippen LogP contribution in [0.1, 0.15) is 6.92 Å². The highest BCUT2D eigenvalue weighted by atomic mass is 16.8. The molecule has 72 valence electrons. The molecule has 1 aliphatic heterocycles. The maximum Gasteiger partial charge on any atom is 0.401 e. The van der Waals surface area contributed by atoms with Crippen molar-refractivity contribution < 1.29 is 29.3 Å². The summed E-state index contributed by atoms with van der Waals surface area (Å²) < 4.78 is 8.53. The molecule has 1 aliphatic rings. The quantitative estimate of drug-likeness (QED) is 0.495. The number of esters is 2. The van der Waals surface area contributed by atoms with Crippen molar-refractivity contribution in [1.29, 1.82) is 0 Å². The van der Waals surface area contributed by atoms with Crippen molar-refractivity contribution in [2.75, 3.05) is 0 Å². The number of cyclic esters (lactones) is 2. The van der Waals surface area contributed by atoms with Gasteiger partial charge in [0.05, 0.1) is 0 Å². The van der Waals surface area contributed by atoms with Gasteiger partial charge in [0, 0.05) is 12.2 Å². The summed E-state index contributed by atoms with van der Waals surface area (Å²) in [5.41, 5.74) is 0. The molecular weight excluding hydrogens is 180 g/mol. The van der Waals surface area contributed by atoms with E-state index in [-0.39, 0.29) is 0 Å². The lowest BCUT2D eigenvalue weighted by molar-refractivity contribution is -0.353. The van der Waals surface area contributed by atoms with Crippen LogP contribution in [0.4, 0.5) is 0 Å². The molecule has 0 saturated heterocycles. The van der Waals surface area contributed by atoms with Crippen molar-refractivity contribution >= 4 is 11.9 Å². The Morgan fingerprint density at radius 3 is 2.00 bits per heavy atom. The summed E-state index contributed by atoms with van der Waals surface area (Å²) in [6, 6.07) is 0. The second-order valence-electron chi connectivity index (χ2n) is 2.48. The Bertz CT molecular complexity index is 246. The third-order valence-corrected chi connectivity index (χ3v) is 1.38. The minimum Gasteiger partial charge on any atom is -0.393 e. The third-order valence-electron chi connectivity index (χ3n) is 1.38. The number of rotatable bonds is 1. The Balaban J connectivity index is 2.90. The molecule has 0 fully saturated rings. The van der Waals surface area contributed by atoms with Crippen LogP contribution in [0.2, 0.25) is 0 Å². The molecule has 0 aliphatic carbocycles. The van der Waals surface area contributed by atoms with Crippen LogP contribution >= 0.6 is 0 Å². The molecule has 0 spiro atoms. The van der Waals surface area contributed by atoms with Gasteiger partial charge < -0.3 is 19.7 Å². The van der Waals surface area contributed by atoms with Crippen LogP contribution in [-0.2, 0) is 19.1 Å². The van der Waals surface area contributed by atoms with Crippen LogP contribution in [0.15, 0.2) is 12.2 Å². The van der Waals surface area contributed by atoms with E-state index in [0.29, 0.717) is 0 Å². The van der Waals surface area contributed by atoms with Crippen LogP contribution in [0, 0.1) is 0 Å². The first-order valence-corrected chi connectivity index (χ1v) is 3.48. The standard InChI is InChI=1S/C7H8O6/c1-4(8)7(11)12-5(9)2-3-6(10)13-7/h2-4,8,11H,1H3. The fourth-order valence-electron chi connectivity index (χ4n) is 0.684. The van der Waals surface area contributed by atoms with Gasteiger partial charge in [-0.25, -0.2) is 9.59 Å². The SMILES string of the molecule is CC(O)C1(O)OC(=O)C=CC(=O)O1. The summed E-state index contributed by atoms with van der Waals surface area (Å²) >= 11 is 0. The van der Waals surface area contributed by atoms with Crippen molar-refractivity contribution in [1.82, 2.24) is 0 Å². The van der Waals surface area contributed by atoms with Gasteiger partial charge in [-0.3, -0.25) is 0 Å². The lowest BCUT2D eigenvalue weighted by Crippen LogP contribution is -2.47. The first kappa shape index (κ1) is 9.69. The molecule has 0 amide bonds. The zero-order valence-electron chi connectivity index (χ0n) is 6.76. The van der Waals surface area contributed by atoms with Gasteiger partial charge in [0.1, 0.15) is 0 Å². The summed E-state index contributed by atoms with van der Waals surface area (Å²) in [6.07, 6.45) is 0.0612. The van der Waals surface area contributed by atoms with Gasteiger partial charge in [0.25, 0.3) is 0 Å². The van der Waals surface area contributed by atoms with Gasteiger partial charge in [0.2, 0.25) is 0 Å². The highest BCUT2D eigenvalue weighted by molar-refractivity contribution is 5.93. The predicted molar refractivity (Wildman–Crippen MR) is 38.0 cm³/mol. The largest absolute Gasteiger partial charge is 0.401 e. The molecule has 0 aromatic rings. The number of hydrogen-bond donors (Lipinski definition) is 2. The van der Waals surface area contributed by atoms with E-state index in [1.54, 1.807) is 0 Å². The number of hydrogen-bond acceptors (Lipinski definition) is 6. The molecular formula is C7H8O6. The number of carbonyl (C=O) groups excluding carboxylic acids is 2. The number of aliphatic hydroxyl groups excluding tert-OH is 1. The second kappa shape index (κ2) is 3.15. The molecule has 6 heteroatoms. The zero-order valence-corrected chi connectivity index (χ0v) is 6.76. The normalized spacial score (nSPS) is 23.0. The summed E-state index contributed by atoms with van der Waals surface area (Å²) in [4.78, 5) is 21.5. The average Bonchev–Trinajstić information content (AvgIpc) is 2.11. The smallest absolute Gasteiger partial charge is 0.393 e. The Morgan fingerprint density at radius 2 is 1.69 bits per heavy atom. The van der Waals surface area contributed by atoms with Crippen molar-refractivity contribution in [2.24, 2.45) is 0 Å². The van der Waals surface area contributed by atoms with Crippen molar-refractivity contribution in [3.05, 3.63) is 12.2 Å². The maximum atomic E-state index is 10.7. The van der Waals surface area contributed by atoms with Crippen molar-refractivity contribution in [3.8, 4) is 0 Å². The van der Waals surface area contributed by atoms with E-state index in [4.69, 9.17) is 5.11 Å². The number of ether oxygens (including phenoxy) is 2. The molecule has 0 radical (unpaired) electrons. The van der Waals surface area contributed by atoms with Gasteiger partial charge in [-0.1, -0.05) is 0 Å². The molecule has 0 bridgehead atoms. The van der Waals surface area contributed by atoms with Crippen molar-refractivity contribution in [3.63, 3.8) is 0 Å². The van der Waals surface area contributed by atoms with Crippen LogP contribution in [0.3, 0.4) is 0 Å². The fraction of sp³-hybridized carbons (Fsp3) is 0.429. The van der Waals surface area contributed by atoms with E-state index in [2.05, 4.69) is 9.47 Å². The van der Waals surface area contributed by atoms with E-state index >= 15 is 0 Å². The van der Waals surface area contributed by atoms with E-state index in [9.17, 15) is 14.7 Å². The number of carbonyl (C=O) groups is 2. The fourth-order valence-corrected chi connectivity index (χ4v) is 0.684. The Labute approximate surface area is 73.4 Å². The van der Waals surface area contributed by atoms with E-state index in [1.165, 1.54) is 0 Å². The van der Waals surface area contributed by atoms with Gasteiger partial charge in [-0.05, 0) is 6.92 Å². The predicted octanol–water partition coefficient (Wildman–Crippen LogP) is -1.33. The lowest BCUT2D eigenvalue weighted by atomic mass is 10.3. The minimum absolute atomic E-state index is 0.794. The van der Waals surface area contributed by atoms with Gasteiger partial charge in [-0.2, -0.15) is 0 Å². The Kier molecular flexibility index (Phi) is 2.35. The highest BCUT2D eigenvalue weighted by Gasteiger charge is 2.42. The molecule has 0 aromatic carbocycles. The summed E-state index contributed by atoms with van der Waals surface area (Å²) in [7, 11) is 0. The maximum absolute atomic E-state index is 10.7. The number of aliphatic hydroxyl groups is 2. The molecule has 2 N–H and O–H groups in total. The average molecular weight is 188 g/mol. The summed E-state index contributed by atoms with van der Waals surface area (Å²) in [5.74, 6) is -4.53. The van der Waals surface area contributed by atoms with Crippen LogP contribution in [0.25, 0.3) is 0 Å². The van der Waals surface area contributed by atoms with E-state index < -0.39 is 24.0 Å². The van der Waals surface area contributed by atoms with Crippen molar-refractivity contribution in [2.45, 2.75) is 19.0 Å². The van der Waals surface area contributed by atoms with Gasteiger partial charge in [0.15, 0.2) is 6.10 Å². The minimum atomic E-state index is -2.60. The molecule has 1 heterocycles. The van der Waals surface area contributed by atoms with E-state index in [1.807, 2.05) is 0 Å². The third kappa shape index (κ3) is 2.04.